The molecule has 1 aliphatic rings. The van der Waals surface area contributed by atoms with Crippen LogP contribution >= 0.6 is 0 Å². The minimum atomic E-state index is -0.473. The van der Waals surface area contributed by atoms with Crippen molar-refractivity contribution in [2.24, 2.45) is 5.10 Å². The van der Waals surface area contributed by atoms with Crippen molar-refractivity contribution in [2.75, 3.05) is 10.3 Å². The Labute approximate surface area is 172 Å². The van der Waals surface area contributed by atoms with Gasteiger partial charge in [-0.1, -0.05) is 6.92 Å². The van der Waals surface area contributed by atoms with Gasteiger partial charge in [0, 0.05) is 29.5 Å². The van der Waals surface area contributed by atoms with Crippen LogP contribution in [0.2, 0.25) is 0 Å². The van der Waals surface area contributed by atoms with E-state index in [0.717, 1.165) is 17.5 Å². The van der Waals surface area contributed by atoms with E-state index >= 15 is 0 Å². The van der Waals surface area contributed by atoms with Crippen LogP contribution in [-0.4, -0.2) is 27.7 Å². The van der Waals surface area contributed by atoms with Gasteiger partial charge in [0.1, 0.15) is 0 Å². The number of pyridine rings is 1. The largest absolute Gasteiger partial charge is 0.364 e. The third-order valence-electron chi connectivity index (χ3n) is 5.54. The van der Waals surface area contributed by atoms with Crippen molar-refractivity contribution in [2.45, 2.75) is 65.5 Å². The van der Waals surface area contributed by atoms with E-state index < -0.39 is 4.92 Å². The van der Waals surface area contributed by atoms with Gasteiger partial charge in [0.2, 0.25) is 5.82 Å². The maximum Gasteiger partial charge on any atom is 0.313 e. The summed E-state index contributed by atoms with van der Waals surface area (Å²) in [5.74, 6) is 0.568. The van der Waals surface area contributed by atoms with Gasteiger partial charge in [-0.05, 0) is 81.8 Å². The number of nitro groups is 1. The van der Waals surface area contributed by atoms with Crippen molar-refractivity contribution >= 4 is 23.4 Å². The molecule has 0 amide bonds. The summed E-state index contributed by atoms with van der Waals surface area (Å²) in [6.07, 6.45) is 4.29. The molecule has 1 aromatic carbocycles. The van der Waals surface area contributed by atoms with Gasteiger partial charge in [-0.25, -0.2) is 4.98 Å². The Morgan fingerprint density at radius 2 is 2.14 bits per heavy atom. The van der Waals surface area contributed by atoms with Gasteiger partial charge in [-0.15, -0.1) is 0 Å². The highest BCUT2D eigenvalue weighted by Crippen LogP contribution is 2.45. The number of rotatable bonds is 5. The first kappa shape index (κ1) is 20.8. The van der Waals surface area contributed by atoms with Crippen LogP contribution < -0.4 is 10.3 Å². The molecule has 2 aromatic rings. The van der Waals surface area contributed by atoms with Crippen LogP contribution in [0.25, 0.3) is 0 Å². The Morgan fingerprint density at radius 1 is 1.41 bits per heavy atom. The fourth-order valence-electron chi connectivity index (χ4n) is 4.52. The first-order valence-electron chi connectivity index (χ1n) is 9.94. The third kappa shape index (κ3) is 4.09. The number of benzene rings is 1. The monoisotopic (exact) mass is 395 g/mol. The molecule has 0 fully saturated rings. The predicted octanol–water partition coefficient (Wildman–Crippen LogP) is 5.24. The fourth-order valence-corrected chi connectivity index (χ4v) is 4.52. The van der Waals surface area contributed by atoms with Crippen LogP contribution in [0.3, 0.4) is 0 Å². The molecular weight excluding hydrogens is 366 g/mol. The predicted molar refractivity (Wildman–Crippen MR) is 118 cm³/mol. The topological polar surface area (TPSA) is 83.7 Å². The third-order valence-corrected chi connectivity index (χ3v) is 5.54. The second kappa shape index (κ2) is 7.81. The molecule has 29 heavy (non-hydrogen) atoms. The van der Waals surface area contributed by atoms with Crippen LogP contribution in [0.4, 0.5) is 17.2 Å². The summed E-state index contributed by atoms with van der Waals surface area (Å²) in [5.41, 5.74) is 7.41. The summed E-state index contributed by atoms with van der Waals surface area (Å²) in [6, 6.07) is 7.76. The first-order chi connectivity index (χ1) is 13.6. The zero-order valence-corrected chi connectivity index (χ0v) is 17.9. The van der Waals surface area contributed by atoms with Crippen molar-refractivity contribution in [3.8, 4) is 0 Å². The van der Waals surface area contributed by atoms with Gasteiger partial charge in [0.05, 0.1) is 11.1 Å². The quantitative estimate of drug-likeness (QED) is 0.425. The molecule has 1 aromatic heterocycles. The molecule has 1 N–H and O–H groups in total. The minimum Gasteiger partial charge on any atom is -0.364 e. The lowest BCUT2D eigenvalue weighted by atomic mass is 9.78. The van der Waals surface area contributed by atoms with Gasteiger partial charge >= 0.3 is 5.69 Å². The zero-order valence-electron chi connectivity index (χ0n) is 17.9. The Balaban J connectivity index is 1.93. The second-order valence-electron chi connectivity index (χ2n) is 8.65. The lowest BCUT2D eigenvalue weighted by Gasteiger charge is -2.50. The lowest BCUT2D eigenvalue weighted by Crippen LogP contribution is -2.51. The number of aryl methyl sites for hydroxylation is 1. The van der Waals surface area contributed by atoms with E-state index in [-0.39, 0.29) is 17.0 Å². The average molecular weight is 396 g/mol. The summed E-state index contributed by atoms with van der Waals surface area (Å²) >= 11 is 0. The van der Waals surface area contributed by atoms with E-state index in [4.69, 9.17) is 0 Å². The van der Waals surface area contributed by atoms with E-state index in [2.05, 4.69) is 74.1 Å². The number of hydrogen-bond donors (Lipinski definition) is 1. The van der Waals surface area contributed by atoms with E-state index in [1.54, 1.807) is 6.21 Å². The highest BCUT2D eigenvalue weighted by Gasteiger charge is 2.37. The Hall–Kier alpha value is -2.96. The number of aromatic nitrogens is 1. The smallest absolute Gasteiger partial charge is 0.313 e. The van der Waals surface area contributed by atoms with Crippen molar-refractivity contribution in [1.82, 2.24) is 4.98 Å². The van der Waals surface area contributed by atoms with Crippen molar-refractivity contribution in [1.29, 1.82) is 0 Å². The van der Waals surface area contributed by atoms with Crippen LogP contribution in [-0.2, 0) is 0 Å². The molecule has 7 nitrogen and oxygen atoms in total. The highest BCUT2D eigenvalue weighted by atomic mass is 16.6. The van der Waals surface area contributed by atoms with E-state index in [9.17, 15) is 10.1 Å². The standard InChI is InChI=1S/C22H29N5O2/c1-14(2)26-20-10-15(3)17(11-18(20)16(4)12-22(26,5)6)13-24-25-21-19(27(28)29)8-7-9-23-21/h7-11,13-14,16H,12H2,1-6H3,(H,23,25)/b24-13-/t16-/m1/s1. The molecule has 0 bridgehead atoms. The SMILES string of the molecule is Cc1cc2c(cc1/C=N\Nc1ncccc1[N+](=O)[O-])[C@H](C)CC(C)(C)N2C(C)C. The summed E-state index contributed by atoms with van der Waals surface area (Å²) < 4.78 is 0. The van der Waals surface area contributed by atoms with Crippen LogP contribution in [0.1, 0.15) is 63.6 Å². The zero-order chi connectivity index (χ0) is 21.3. The number of hydrazone groups is 1. The molecule has 0 unspecified atom stereocenters. The number of fused-ring (bicyclic) bond motifs is 1. The molecule has 0 aliphatic carbocycles. The van der Waals surface area contributed by atoms with Crippen molar-refractivity contribution in [3.05, 3.63) is 57.3 Å². The van der Waals surface area contributed by atoms with E-state index in [1.807, 2.05) is 0 Å². The molecule has 1 aliphatic heterocycles. The highest BCUT2D eigenvalue weighted by molar-refractivity contribution is 5.84. The minimum absolute atomic E-state index is 0.0993. The Kier molecular flexibility index (Phi) is 5.59. The van der Waals surface area contributed by atoms with Crippen LogP contribution in [0, 0.1) is 17.0 Å². The van der Waals surface area contributed by atoms with Gasteiger partial charge in [-0.2, -0.15) is 5.10 Å². The van der Waals surface area contributed by atoms with Gasteiger partial charge < -0.3 is 4.90 Å². The van der Waals surface area contributed by atoms with Gasteiger partial charge in [0.25, 0.3) is 0 Å². The molecule has 0 spiro atoms. The number of nitrogens with zero attached hydrogens (tertiary/aromatic N) is 4. The maximum absolute atomic E-state index is 11.1. The normalized spacial score (nSPS) is 18.2. The molecule has 0 saturated carbocycles. The van der Waals surface area contributed by atoms with Gasteiger partial charge in [0.15, 0.2) is 0 Å². The molecule has 154 valence electrons. The Bertz CT molecular complexity index is 952. The summed E-state index contributed by atoms with van der Waals surface area (Å²) in [5, 5.41) is 15.3. The lowest BCUT2D eigenvalue weighted by molar-refractivity contribution is -0.384. The van der Waals surface area contributed by atoms with Crippen LogP contribution in [0.5, 0.6) is 0 Å². The number of hydrogen-bond acceptors (Lipinski definition) is 6. The van der Waals surface area contributed by atoms with Crippen molar-refractivity contribution in [3.63, 3.8) is 0 Å². The van der Waals surface area contributed by atoms with E-state index in [1.165, 1.54) is 29.6 Å². The number of anilines is 2. The molecule has 1 atom stereocenters. The molecule has 0 radical (unpaired) electrons. The average Bonchev–Trinajstić information content (AvgIpc) is 2.61. The molecule has 3 rings (SSSR count). The maximum atomic E-state index is 11.1. The summed E-state index contributed by atoms with van der Waals surface area (Å²) in [4.78, 5) is 17.2. The van der Waals surface area contributed by atoms with Gasteiger partial charge in [-0.3, -0.25) is 15.5 Å². The second-order valence-corrected chi connectivity index (χ2v) is 8.65. The molecular formula is C22H29N5O2. The molecule has 2 heterocycles. The van der Waals surface area contributed by atoms with Crippen molar-refractivity contribution < 1.29 is 4.92 Å². The summed E-state index contributed by atoms with van der Waals surface area (Å²) in [6.45, 7) is 13.4. The molecule has 0 saturated heterocycles. The summed E-state index contributed by atoms with van der Waals surface area (Å²) in [7, 11) is 0. The van der Waals surface area contributed by atoms with E-state index in [0.29, 0.717) is 12.0 Å². The first-order valence-corrected chi connectivity index (χ1v) is 9.94. The molecule has 7 heteroatoms. The Morgan fingerprint density at radius 3 is 2.79 bits per heavy atom. The number of nitrogens with one attached hydrogen (secondary N) is 1. The van der Waals surface area contributed by atoms with Crippen LogP contribution in [0.15, 0.2) is 35.6 Å². The fraction of sp³-hybridized carbons (Fsp3) is 0.455.